The number of nitrogens with zero attached hydrogens (tertiary/aromatic N) is 6. The Bertz CT molecular complexity index is 1360. The van der Waals surface area contributed by atoms with Gasteiger partial charge in [-0.15, -0.1) is 0 Å². The summed E-state index contributed by atoms with van der Waals surface area (Å²) in [5.41, 5.74) is 2.62. The number of rotatable bonds is 6. The Balaban J connectivity index is 1.36. The van der Waals surface area contributed by atoms with Gasteiger partial charge in [-0.2, -0.15) is 10.2 Å². The highest BCUT2D eigenvalue weighted by Gasteiger charge is 2.53. The predicted octanol–water partition coefficient (Wildman–Crippen LogP) is 2.55. The zero-order chi connectivity index (χ0) is 27.4. The molecule has 1 aromatic heterocycles. The number of halogens is 2. The van der Waals surface area contributed by atoms with E-state index >= 15 is 8.78 Å². The smallest absolute Gasteiger partial charge is 0.270 e. The van der Waals surface area contributed by atoms with E-state index < -0.39 is 30.5 Å². The number of alkyl halides is 2. The molecule has 2 fully saturated rings. The second-order valence-corrected chi connectivity index (χ2v) is 9.52. The quantitative estimate of drug-likeness (QED) is 0.437. The van der Waals surface area contributed by atoms with Gasteiger partial charge in [0.1, 0.15) is 19.0 Å². The molecule has 0 aliphatic carbocycles. The van der Waals surface area contributed by atoms with Gasteiger partial charge in [-0.05, 0) is 42.8 Å². The van der Waals surface area contributed by atoms with Crippen molar-refractivity contribution in [3.8, 4) is 17.5 Å². The van der Waals surface area contributed by atoms with Gasteiger partial charge in [0.25, 0.3) is 5.92 Å². The number of benzene rings is 2. The Hall–Kier alpha value is -4.21. The van der Waals surface area contributed by atoms with Crippen LogP contribution >= 0.6 is 0 Å². The van der Waals surface area contributed by atoms with E-state index in [2.05, 4.69) is 31.7 Å². The molecule has 3 N–H and O–H groups in total. The van der Waals surface area contributed by atoms with E-state index in [-0.39, 0.29) is 25.9 Å². The summed E-state index contributed by atoms with van der Waals surface area (Å²) in [6.45, 7) is 0.792. The van der Waals surface area contributed by atoms with Crippen LogP contribution in [-0.4, -0.2) is 81.7 Å². The molecule has 1 amide bonds. The van der Waals surface area contributed by atoms with Crippen LogP contribution in [0.25, 0.3) is 11.4 Å². The number of anilines is 3. The van der Waals surface area contributed by atoms with Crippen molar-refractivity contribution < 1.29 is 18.7 Å². The van der Waals surface area contributed by atoms with Gasteiger partial charge in [0, 0.05) is 49.5 Å². The van der Waals surface area contributed by atoms with Gasteiger partial charge >= 0.3 is 0 Å². The first-order valence-corrected chi connectivity index (χ1v) is 12.7. The fraction of sp³-hybridized carbons (Fsp3) is 0.370. The second kappa shape index (κ2) is 11.3. The lowest BCUT2D eigenvalue weighted by atomic mass is 9.89. The zero-order valence-corrected chi connectivity index (χ0v) is 21.1. The van der Waals surface area contributed by atoms with Gasteiger partial charge < -0.3 is 25.5 Å². The van der Waals surface area contributed by atoms with E-state index in [0.29, 0.717) is 41.7 Å². The van der Waals surface area contributed by atoms with Crippen molar-refractivity contribution in [3.05, 3.63) is 60.4 Å². The van der Waals surface area contributed by atoms with Crippen molar-refractivity contribution in [2.75, 3.05) is 43.0 Å². The maximum atomic E-state index is 15.2. The first kappa shape index (κ1) is 26.4. The number of hydrogen-bond donors (Lipinski definition) is 3. The number of aliphatic hydroxyl groups excluding tert-OH is 1. The summed E-state index contributed by atoms with van der Waals surface area (Å²) in [4.78, 5) is 28.3. The molecule has 202 valence electrons. The summed E-state index contributed by atoms with van der Waals surface area (Å²) in [7, 11) is 0. The number of piperazine rings is 1. The van der Waals surface area contributed by atoms with Crippen molar-refractivity contribution in [1.29, 1.82) is 5.26 Å². The number of nitrogens with one attached hydrogen (secondary N) is 2. The van der Waals surface area contributed by atoms with Gasteiger partial charge in [-0.1, -0.05) is 12.1 Å². The van der Waals surface area contributed by atoms with E-state index in [1.807, 2.05) is 35.2 Å². The third-order valence-corrected chi connectivity index (χ3v) is 7.06. The minimum atomic E-state index is -3.07. The Morgan fingerprint density at radius 2 is 2.03 bits per heavy atom. The first-order chi connectivity index (χ1) is 18.9. The molecule has 2 saturated heterocycles. The summed E-state index contributed by atoms with van der Waals surface area (Å²) in [5.74, 6) is -3.02. The highest BCUT2D eigenvalue weighted by Crippen LogP contribution is 2.38. The number of amides is 1. The fourth-order valence-corrected chi connectivity index (χ4v) is 5.28. The Morgan fingerprint density at radius 1 is 1.21 bits per heavy atom. The number of nitriles is 1. The van der Waals surface area contributed by atoms with E-state index in [1.165, 1.54) is 6.33 Å². The first-order valence-electron chi connectivity index (χ1n) is 12.7. The molecule has 0 unspecified atom stereocenters. The fourth-order valence-electron chi connectivity index (χ4n) is 5.28. The summed E-state index contributed by atoms with van der Waals surface area (Å²) in [5, 5.41) is 24.9. The molecule has 2 aliphatic heterocycles. The molecule has 10 nitrogen and oxygen atoms in total. The average Bonchev–Trinajstić information content (AvgIpc) is 2.97. The minimum absolute atomic E-state index is 0.193. The molecule has 0 bridgehead atoms. The number of aliphatic hydroxyl groups is 1. The molecule has 2 aromatic carbocycles. The second-order valence-electron chi connectivity index (χ2n) is 9.52. The predicted molar refractivity (Wildman–Crippen MR) is 140 cm³/mol. The van der Waals surface area contributed by atoms with Crippen LogP contribution in [0, 0.1) is 11.3 Å². The average molecular weight is 535 g/mol. The largest absolute Gasteiger partial charge is 0.387 e. The van der Waals surface area contributed by atoms with Crippen molar-refractivity contribution in [3.63, 3.8) is 0 Å². The van der Waals surface area contributed by atoms with Crippen LogP contribution in [0.5, 0.6) is 0 Å². The normalized spacial score (nSPS) is 20.8. The molecule has 2 atom stereocenters. The highest BCUT2D eigenvalue weighted by molar-refractivity contribution is 5.78. The van der Waals surface area contributed by atoms with Gasteiger partial charge in [0.15, 0.2) is 5.82 Å². The minimum Gasteiger partial charge on any atom is -0.387 e. The summed E-state index contributed by atoms with van der Waals surface area (Å²) < 4.78 is 30.4. The van der Waals surface area contributed by atoms with Crippen molar-refractivity contribution in [2.24, 2.45) is 0 Å². The summed E-state index contributed by atoms with van der Waals surface area (Å²) >= 11 is 0. The molecule has 2 aliphatic rings. The Kier molecular flexibility index (Phi) is 7.63. The van der Waals surface area contributed by atoms with Crippen LogP contribution < -0.4 is 15.5 Å². The maximum absolute atomic E-state index is 15.2. The number of carbonyl (C=O) groups excluding carboxylic acids is 1. The van der Waals surface area contributed by atoms with Gasteiger partial charge in [-0.25, -0.2) is 18.7 Å². The monoisotopic (exact) mass is 534 g/mol. The molecule has 5 rings (SSSR count). The third kappa shape index (κ3) is 5.64. The molecule has 0 saturated carbocycles. The molecular formula is C27H28F2N8O2. The Morgan fingerprint density at radius 3 is 2.79 bits per heavy atom. The van der Waals surface area contributed by atoms with E-state index in [0.717, 1.165) is 10.6 Å². The molecule has 0 spiro atoms. The molecular weight excluding hydrogens is 506 g/mol. The Labute approximate surface area is 224 Å². The number of carbonyl (C=O) groups is 1. The zero-order valence-electron chi connectivity index (χ0n) is 21.1. The van der Waals surface area contributed by atoms with Crippen LogP contribution in [0.4, 0.5) is 26.1 Å². The standard InChI is InChI=1S/C27H28F2N8O2/c28-27(29)9-2-11-37(23(39)16-38)24(27)22-15-31-10-12-36(22)21-7-5-20(6-8-21)34-26-33-17-32-25(35-26)19-4-1-3-18(13-19)14-30/h1,3-8,13,17,22,24,31,38H,2,9-12,15-16H2,(H,32,33,34,35)/t22-,24-/m0/s1. The van der Waals surface area contributed by atoms with E-state index in [1.54, 1.807) is 18.2 Å². The van der Waals surface area contributed by atoms with Crippen molar-refractivity contribution >= 4 is 23.2 Å². The third-order valence-electron chi connectivity index (χ3n) is 7.06. The van der Waals surface area contributed by atoms with Crippen LogP contribution in [0.2, 0.25) is 0 Å². The molecule has 3 heterocycles. The van der Waals surface area contributed by atoms with E-state index in [9.17, 15) is 9.90 Å². The molecule has 3 aromatic rings. The summed E-state index contributed by atoms with van der Waals surface area (Å²) in [6.07, 6.45) is 1.28. The molecule has 39 heavy (non-hydrogen) atoms. The summed E-state index contributed by atoms with van der Waals surface area (Å²) in [6, 6.07) is 14.3. The number of likely N-dealkylation sites (tertiary alicyclic amines) is 1. The lowest BCUT2D eigenvalue weighted by Gasteiger charge is -2.50. The lowest BCUT2D eigenvalue weighted by Crippen LogP contribution is -2.68. The molecule has 12 heteroatoms. The highest BCUT2D eigenvalue weighted by atomic mass is 19.3. The SMILES string of the molecule is N#Cc1cccc(-c2ncnc(Nc3ccc(N4CCNC[C@H]4[C@@H]4N(C(=O)CO)CCCC4(F)F)cc3)n2)c1. The lowest BCUT2D eigenvalue weighted by molar-refractivity contribution is -0.160. The van der Waals surface area contributed by atoms with Crippen LogP contribution in [0.15, 0.2) is 54.9 Å². The van der Waals surface area contributed by atoms with Gasteiger partial charge in [-0.3, -0.25) is 4.79 Å². The number of aromatic nitrogens is 3. The number of piperidine rings is 1. The van der Waals surface area contributed by atoms with E-state index in [4.69, 9.17) is 5.26 Å². The number of hydrogen-bond acceptors (Lipinski definition) is 9. The maximum Gasteiger partial charge on any atom is 0.270 e. The van der Waals surface area contributed by atoms with Gasteiger partial charge in [0.05, 0.1) is 17.7 Å². The van der Waals surface area contributed by atoms with Crippen LogP contribution in [0.1, 0.15) is 18.4 Å². The topological polar surface area (TPSA) is 130 Å². The van der Waals surface area contributed by atoms with Crippen LogP contribution in [0.3, 0.4) is 0 Å². The van der Waals surface area contributed by atoms with Crippen molar-refractivity contribution in [2.45, 2.75) is 30.8 Å². The van der Waals surface area contributed by atoms with Crippen LogP contribution in [-0.2, 0) is 4.79 Å². The molecule has 0 radical (unpaired) electrons. The van der Waals surface area contributed by atoms with Gasteiger partial charge in [0.2, 0.25) is 11.9 Å². The van der Waals surface area contributed by atoms with Crippen molar-refractivity contribution in [1.82, 2.24) is 25.2 Å².